The Balaban J connectivity index is 1.07. The van der Waals surface area contributed by atoms with Gasteiger partial charge in [0.1, 0.15) is 36.1 Å². The maximum atomic E-state index is 11.5. The number of nitriles is 1. The van der Waals surface area contributed by atoms with E-state index in [9.17, 15) is 15.2 Å². The maximum absolute atomic E-state index is 11.5. The van der Waals surface area contributed by atoms with Crippen LogP contribution in [0.2, 0.25) is 5.02 Å². The third kappa shape index (κ3) is 5.58. The second-order valence-electron chi connectivity index (χ2n) is 9.89. The molecule has 0 radical (unpaired) electrons. The molecule has 4 aromatic rings. The van der Waals surface area contributed by atoms with Crippen LogP contribution in [-0.2, 0) is 24.4 Å². The van der Waals surface area contributed by atoms with E-state index >= 15 is 0 Å². The van der Waals surface area contributed by atoms with E-state index in [0.717, 1.165) is 43.0 Å². The molecule has 4 heterocycles. The standard InChI is InChI=1S/C29H26ClN5O5/c30-20-2-4-27(19(9-20)12-31)39-17-21-11-22(5-7-32-21)40-24-13-34(14-24)16-28-33-25-3-1-18(29(36)37)10-26(25)35(28)15-23-6-8-38-23/h1-5,7,9-11,23-24H,6,8,13-17H2,(H,36,37). The molecule has 10 nitrogen and oxygen atoms in total. The number of ether oxygens (including phenoxy) is 3. The lowest BCUT2D eigenvalue weighted by Gasteiger charge is -2.39. The van der Waals surface area contributed by atoms with Gasteiger partial charge in [0.15, 0.2) is 0 Å². The van der Waals surface area contributed by atoms with Crippen LogP contribution in [0.15, 0.2) is 54.7 Å². The van der Waals surface area contributed by atoms with Crippen molar-refractivity contribution in [3.63, 3.8) is 0 Å². The fourth-order valence-corrected chi connectivity index (χ4v) is 5.03. The Bertz CT molecular complexity index is 1610. The Labute approximate surface area is 235 Å². The average Bonchev–Trinajstić information content (AvgIpc) is 3.24. The predicted octanol–water partition coefficient (Wildman–Crippen LogP) is 4.29. The van der Waals surface area contributed by atoms with Crippen LogP contribution in [0.5, 0.6) is 11.5 Å². The summed E-state index contributed by atoms with van der Waals surface area (Å²) in [6.07, 6.45) is 2.79. The van der Waals surface area contributed by atoms with Crippen molar-refractivity contribution in [1.29, 1.82) is 5.26 Å². The van der Waals surface area contributed by atoms with Gasteiger partial charge in [-0.3, -0.25) is 9.88 Å². The maximum Gasteiger partial charge on any atom is 0.335 e. The van der Waals surface area contributed by atoms with Crippen molar-refractivity contribution >= 4 is 28.6 Å². The summed E-state index contributed by atoms with van der Waals surface area (Å²) in [5.41, 5.74) is 2.88. The van der Waals surface area contributed by atoms with Gasteiger partial charge >= 0.3 is 5.97 Å². The van der Waals surface area contributed by atoms with Gasteiger partial charge in [-0.2, -0.15) is 5.26 Å². The van der Waals surface area contributed by atoms with Crippen molar-refractivity contribution in [1.82, 2.24) is 19.4 Å². The van der Waals surface area contributed by atoms with Crippen molar-refractivity contribution in [2.24, 2.45) is 0 Å². The van der Waals surface area contributed by atoms with E-state index in [0.29, 0.717) is 40.9 Å². The van der Waals surface area contributed by atoms with Crippen LogP contribution in [0, 0.1) is 11.3 Å². The van der Waals surface area contributed by atoms with Crippen molar-refractivity contribution in [2.45, 2.75) is 38.3 Å². The van der Waals surface area contributed by atoms with E-state index < -0.39 is 5.97 Å². The lowest BCUT2D eigenvalue weighted by atomic mass is 10.1. The number of benzene rings is 2. The highest BCUT2D eigenvalue weighted by atomic mass is 35.5. The third-order valence-corrected chi connectivity index (χ3v) is 7.31. The van der Waals surface area contributed by atoms with Crippen LogP contribution < -0.4 is 9.47 Å². The van der Waals surface area contributed by atoms with Gasteiger partial charge in [-0.15, -0.1) is 0 Å². The number of carboxylic acid groups (broad SMARTS) is 1. The molecule has 2 aromatic heterocycles. The number of aromatic carboxylic acids is 1. The Hall–Kier alpha value is -4.17. The van der Waals surface area contributed by atoms with Gasteiger partial charge in [0.05, 0.1) is 47.0 Å². The number of carbonyl (C=O) groups is 1. The zero-order valence-corrected chi connectivity index (χ0v) is 22.3. The number of likely N-dealkylation sites (tertiary alicyclic amines) is 1. The molecule has 1 unspecified atom stereocenters. The van der Waals surface area contributed by atoms with Gasteiger partial charge < -0.3 is 23.9 Å². The number of aromatic nitrogens is 3. The molecule has 2 aliphatic heterocycles. The van der Waals surface area contributed by atoms with Crippen molar-refractivity contribution in [3.05, 3.63) is 82.4 Å². The van der Waals surface area contributed by atoms with Crippen LogP contribution in [0.3, 0.4) is 0 Å². The lowest BCUT2D eigenvalue weighted by Crippen LogP contribution is -2.53. The van der Waals surface area contributed by atoms with Gasteiger partial charge in [0, 0.05) is 37.0 Å². The molecular weight excluding hydrogens is 534 g/mol. The number of nitrogens with zero attached hydrogens (tertiary/aromatic N) is 5. The smallest absolute Gasteiger partial charge is 0.335 e. The fraction of sp³-hybridized carbons (Fsp3) is 0.310. The first kappa shape index (κ1) is 26.1. The Morgan fingerprint density at radius 2 is 2.05 bits per heavy atom. The number of fused-ring (bicyclic) bond motifs is 1. The molecule has 2 saturated heterocycles. The zero-order chi connectivity index (χ0) is 27.6. The molecule has 1 atom stereocenters. The summed E-state index contributed by atoms with van der Waals surface area (Å²) in [5, 5.41) is 19.2. The predicted molar refractivity (Wildman–Crippen MR) is 145 cm³/mol. The molecule has 40 heavy (non-hydrogen) atoms. The molecule has 0 amide bonds. The van der Waals surface area contributed by atoms with Gasteiger partial charge in [-0.1, -0.05) is 11.6 Å². The monoisotopic (exact) mass is 559 g/mol. The molecule has 0 aliphatic carbocycles. The summed E-state index contributed by atoms with van der Waals surface area (Å²) < 4.78 is 19.7. The molecule has 11 heteroatoms. The molecule has 0 spiro atoms. The van der Waals surface area contributed by atoms with Crippen LogP contribution >= 0.6 is 11.6 Å². The summed E-state index contributed by atoms with van der Waals surface area (Å²) in [6.45, 7) is 3.68. The van der Waals surface area contributed by atoms with E-state index in [-0.39, 0.29) is 24.4 Å². The fourth-order valence-electron chi connectivity index (χ4n) is 4.86. The first-order chi connectivity index (χ1) is 19.4. The van der Waals surface area contributed by atoms with E-state index in [1.54, 1.807) is 42.6 Å². The van der Waals surface area contributed by atoms with Crippen molar-refractivity contribution in [3.8, 4) is 17.6 Å². The number of rotatable bonds is 10. The number of imidazole rings is 1. The second-order valence-corrected chi connectivity index (χ2v) is 10.3. The number of hydrogen-bond acceptors (Lipinski definition) is 8. The van der Waals surface area contributed by atoms with Gasteiger partial charge in [0.2, 0.25) is 0 Å². The Morgan fingerprint density at radius 3 is 2.80 bits per heavy atom. The summed E-state index contributed by atoms with van der Waals surface area (Å²) in [4.78, 5) is 22.9. The summed E-state index contributed by atoms with van der Waals surface area (Å²) in [5.74, 6) is 1.07. The normalized spacial score (nSPS) is 17.1. The van der Waals surface area contributed by atoms with Crippen molar-refractivity contribution in [2.75, 3.05) is 19.7 Å². The van der Waals surface area contributed by atoms with Gasteiger partial charge in [-0.25, -0.2) is 9.78 Å². The largest absolute Gasteiger partial charge is 0.488 e. The van der Waals surface area contributed by atoms with E-state index in [1.165, 1.54) is 0 Å². The molecule has 2 aromatic carbocycles. The van der Waals surface area contributed by atoms with Crippen LogP contribution in [0.1, 0.15) is 33.9 Å². The van der Waals surface area contributed by atoms with Gasteiger partial charge in [-0.05, 0) is 48.9 Å². The molecule has 204 valence electrons. The number of carboxylic acids is 1. The van der Waals surface area contributed by atoms with Gasteiger partial charge in [0.25, 0.3) is 0 Å². The van der Waals surface area contributed by atoms with Crippen molar-refractivity contribution < 1.29 is 24.1 Å². The number of halogens is 1. The van der Waals surface area contributed by atoms with Crippen LogP contribution in [0.25, 0.3) is 11.0 Å². The third-order valence-electron chi connectivity index (χ3n) is 7.07. The molecule has 2 aliphatic rings. The van der Waals surface area contributed by atoms with Crippen LogP contribution in [0.4, 0.5) is 0 Å². The topological polar surface area (TPSA) is 123 Å². The average molecular weight is 560 g/mol. The zero-order valence-electron chi connectivity index (χ0n) is 21.5. The summed E-state index contributed by atoms with van der Waals surface area (Å²) in [6, 6.07) is 15.7. The van der Waals surface area contributed by atoms with E-state index in [1.807, 2.05) is 12.1 Å². The molecule has 6 rings (SSSR count). The molecule has 1 N–H and O–H groups in total. The molecule has 2 fully saturated rings. The second kappa shape index (κ2) is 11.1. The highest BCUT2D eigenvalue weighted by molar-refractivity contribution is 6.30. The highest BCUT2D eigenvalue weighted by Gasteiger charge is 2.31. The molecular formula is C29H26ClN5O5. The van der Waals surface area contributed by atoms with E-state index in [2.05, 4.69) is 20.5 Å². The number of hydrogen-bond donors (Lipinski definition) is 1. The minimum Gasteiger partial charge on any atom is -0.488 e. The highest BCUT2D eigenvalue weighted by Crippen LogP contribution is 2.26. The Morgan fingerprint density at radius 1 is 1.20 bits per heavy atom. The first-order valence-electron chi connectivity index (χ1n) is 13.0. The quantitative estimate of drug-likeness (QED) is 0.303. The number of pyridine rings is 1. The lowest BCUT2D eigenvalue weighted by molar-refractivity contribution is -0.0596. The van der Waals surface area contributed by atoms with E-state index in [4.69, 9.17) is 30.8 Å². The Kier molecular flexibility index (Phi) is 7.26. The SMILES string of the molecule is N#Cc1cc(Cl)ccc1OCc1cc(OC2CN(Cc3nc4ccc(C(=O)O)cc4n3CC3CCO3)C2)ccn1. The molecule has 0 bridgehead atoms. The molecule has 0 saturated carbocycles. The summed E-state index contributed by atoms with van der Waals surface area (Å²) in [7, 11) is 0. The van der Waals surface area contributed by atoms with Crippen LogP contribution in [-0.4, -0.2) is 62.4 Å². The minimum absolute atomic E-state index is 0.0176. The first-order valence-corrected chi connectivity index (χ1v) is 13.3. The summed E-state index contributed by atoms with van der Waals surface area (Å²) >= 11 is 5.96. The minimum atomic E-state index is -0.957.